The van der Waals surface area contributed by atoms with Crippen LogP contribution < -0.4 is 0 Å². The Morgan fingerprint density at radius 2 is 0.909 bits per heavy atom. The van der Waals surface area contributed by atoms with Crippen LogP contribution in [-0.2, 0) is 0 Å². The molecule has 0 heterocycles. The maximum Gasteiger partial charge on any atom is 0.0570 e. The normalized spacial score (nSPS) is 20.1. The minimum atomic E-state index is 0.256. The van der Waals surface area contributed by atoms with Crippen LogP contribution in [0.1, 0.15) is 54.2 Å². The van der Waals surface area contributed by atoms with Gasteiger partial charge in [-0.3, -0.25) is 0 Å². The van der Waals surface area contributed by atoms with E-state index >= 15 is 0 Å². The van der Waals surface area contributed by atoms with Crippen molar-refractivity contribution in [3.8, 4) is 0 Å². The molecular weight excluding hydrogens is 400 g/mol. The van der Waals surface area contributed by atoms with E-state index in [1.54, 1.807) is 0 Å². The molecule has 0 spiro atoms. The van der Waals surface area contributed by atoms with Crippen molar-refractivity contribution in [3.05, 3.63) is 68.8 Å². The molecule has 22 heavy (non-hydrogen) atoms. The van der Waals surface area contributed by atoms with Crippen LogP contribution in [0.4, 0.5) is 0 Å². The van der Waals surface area contributed by atoms with Crippen LogP contribution in [0.3, 0.4) is 0 Å². The third-order valence-electron chi connectivity index (χ3n) is 4.67. The zero-order valence-corrected chi connectivity index (χ0v) is 16.5. The predicted octanol–water partition coefficient (Wildman–Crippen LogP) is 6.98. The topological polar surface area (TPSA) is 0 Å². The summed E-state index contributed by atoms with van der Waals surface area (Å²) in [6.45, 7) is 8.78. The first kappa shape index (κ1) is 16.0. The molecule has 0 saturated heterocycles. The van der Waals surface area contributed by atoms with Gasteiger partial charge < -0.3 is 0 Å². The van der Waals surface area contributed by atoms with E-state index in [2.05, 4.69) is 96.0 Å². The molecule has 1 aliphatic carbocycles. The van der Waals surface area contributed by atoms with Crippen molar-refractivity contribution in [2.75, 3.05) is 0 Å². The highest BCUT2D eigenvalue weighted by Crippen LogP contribution is 2.49. The van der Waals surface area contributed by atoms with Crippen molar-refractivity contribution in [1.29, 1.82) is 0 Å². The molecule has 0 amide bonds. The third kappa shape index (κ3) is 2.51. The summed E-state index contributed by atoms with van der Waals surface area (Å²) in [4.78, 5) is 0.512. The molecule has 0 N–H and O–H groups in total. The second-order valence-corrected chi connectivity index (χ2v) is 8.16. The fourth-order valence-electron chi connectivity index (χ4n) is 3.34. The number of fused-ring (bicyclic) bond motifs is 2. The van der Waals surface area contributed by atoms with Gasteiger partial charge in [0.25, 0.3) is 0 Å². The Labute approximate surface area is 149 Å². The summed E-state index contributed by atoms with van der Waals surface area (Å²) in [5, 5.41) is 0. The highest BCUT2D eigenvalue weighted by Gasteiger charge is 2.28. The summed E-state index contributed by atoms with van der Waals surface area (Å²) in [6.07, 6.45) is 4.58. The largest absolute Gasteiger partial charge is 0.0822 e. The van der Waals surface area contributed by atoms with Crippen molar-refractivity contribution in [3.63, 3.8) is 0 Å². The number of halogens is 2. The van der Waals surface area contributed by atoms with Gasteiger partial charge in [0.05, 0.1) is 9.65 Å². The SMILES string of the molecule is Cc1ccc(C)c2c1C=Cc1c(C)ccc(C)c1[C@H](Br)[C@@H]2Br. The van der Waals surface area contributed by atoms with Crippen LogP contribution in [0.2, 0.25) is 0 Å². The minimum absolute atomic E-state index is 0.256. The maximum atomic E-state index is 3.97. The standard InChI is InChI=1S/C20H20Br2/c1-11-5-7-13(3)17-15(11)9-10-16-12(2)6-8-14(4)18(16)20(22)19(17)21/h5-10,19-20H,1-4H3/t19-,20+. The van der Waals surface area contributed by atoms with Crippen molar-refractivity contribution < 1.29 is 0 Å². The third-order valence-corrected chi connectivity index (χ3v) is 7.35. The fraction of sp³-hybridized carbons (Fsp3) is 0.300. The van der Waals surface area contributed by atoms with Crippen LogP contribution in [0.5, 0.6) is 0 Å². The lowest BCUT2D eigenvalue weighted by Gasteiger charge is -2.28. The molecule has 0 bridgehead atoms. The van der Waals surface area contributed by atoms with Crippen molar-refractivity contribution in [2.45, 2.75) is 37.3 Å². The predicted molar refractivity (Wildman–Crippen MR) is 104 cm³/mol. The second-order valence-electron chi connectivity index (χ2n) is 6.19. The molecule has 114 valence electrons. The van der Waals surface area contributed by atoms with Gasteiger partial charge in [-0.15, -0.1) is 0 Å². The molecule has 2 aromatic rings. The highest BCUT2D eigenvalue weighted by atomic mass is 79.9. The van der Waals surface area contributed by atoms with Crippen LogP contribution in [-0.4, -0.2) is 0 Å². The highest BCUT2D eigenvalue weighted by molar-refractivity contribution is 9.12. The fourth-order valence-corrected chi connectivity index (χ4v) is 5.09. The Bertz CT molecular complexity index is 706. The quantitative estimate of drug-likeness (QED) is 0.404. The molecule has 1 aliphatic rings. The molecule has 0 nitrogen and oxygen atoms in total. The average molecular weight is 420 g/mol. The van der Waals surface area contributed by atoms with E-state index in [9.17, 15) is 0 Å². The van der Waals surface area contributed by atoms with Gasteiger partial charge in [0.1, 0.15) is 0 Å². The summed E-state index contributed by atoms with van der Waals surface area (Å²) in [6, 6.07) is 8.88. The first-order chi connectivity index (χ1) is 10.4. The first-order valence-electron chi connectivity index (χ1n) is 7.58. The number of alkyl halides is 2. The zero-order valence-electron chi connectivity index (χ0n) is 13.4. The Balaban J connectivity index is 2.35. The van der Waals surface area contributed by atoms with E-state index in [-0.39, 0.29) is 9.65 Å². The molecule has 0 saturated carbocycles. The molecule has 2 heteroatoms. The van der Waals surface area contributed by atoms with Gasteiger partial charge in [-0.25, -0.2) is 0 Å². The Morgan fingerprint density at radius 3 is 1.27 bits per heavy atom. The lowest BCUT2D eigenvalue weighted by Crippen LogP contribution is -2.10. The number of hydrogen-bond acceptors (Lipinski definition) is 0. The lowest BCUT2D eigenvalue weighted by atomic mass is 9.85. The van der Waals surface area contributed by atoms with Crippen LogP contribution >= 0.6 is 31.9 Å². The van der Waals surface area contributed by atoms with Gasteiger partial charge >= 0.3 is 0 Å². The Hall–Kier alpha value is -0.860. The number of benzene rings is 2. The molecule has 3 rings (SSSR count). The summed E-state index contributed by atoms with van der Waals surface area (Å²) in [5.74, 6) is 0. The van der Waals surface area contributed by atoms with Crippen molar-refractivity contribution in [1.82, 2.24) is 0 Å². The van der Waals surface area contributed by atoms with Crippen LogP contribution in [0.25, 0.3) is 12.2 Å². The summed E-state index contributed by atoms with van der Waals surface area (Å²) < 4.78 is 0. The zero-order chi connectivity index (χ0) is 16.0. The van der Waals surface area contributed by atoms with Crippen molar-refractivity contribution >= 4 is 44.0 Å². The number of hydrogen-bond donors (Lipinski definition) is 0. The summed E-state index contributed by atoms with van der Waals surface area (Å²) in [7, 11) is 0. The maximum absolute atomic E-state index is 3.97. The monoisotopic (exact) mass is 418 g/mol. The molecule has 0 radical (unpaired) electrons. The summed E-state index contributed by atoms with van der Waals surface area (Å²) >= 11 is 7.94. The molecule has 2 aromatic carbocycles. The number of aryl methyl sites for hydroxylation is 4. The van der Waals surface area contributed by atoms with Gasteiger partial charge in [0.15, 0.2) is 0 Å². The second kappa shape index (κ2) is 5.98. The average Bonchev–Trinajstić information content (AvgIpc) is 2.48. The van der Waals surface area contributed by atoms with Gasteiger partial charge in [0, 0.05) is 0 Å². The lowest BCUT2D eigenvalue weighted by molar-refractivity contribution is 0.907. The van der Waals surface area contributed by atoms with Crippen molar-refractivity contribution in [2.24, 2.45) is 0 Å². The van der Waals surface area contributed by atoms with Gasteiger partial charge in [-0.05, 0) is 72.2 Å². The molecule has 0 aliphatic heterocycles. The van der Waals surface area contributed by atoms with Crippen LogP contribution in [0.15, 0.2) is 24.3 Å². The smallest absolute Gasteiger partial charge is 0.0570 e. The number of rotatable bonds is 0. The van der Waals surface area contributed by atoms with Gasteiger partial charge in [0.2, 0.25) is 0 Å². The van der Waals surface area contributed by atoms with Gasteiger partial charge in [-0.1, -0.05) is 68.3 Å². The summed E-state index contributed by atoms with van der Waals surface area (Å²) in [5.41, 5.74) is 10.8. The molecule has 0 aromatic heterocycles. The molecular formula is C20H20Br2. The first-order valence-corrected chi connectivity index (χ1v) is 9.41. The Kier molecular flexibility index (Phi) is 4.35. The van der Waals surface area contributed by atoms with Crippen LogP contribution in [0, 0.1) is 27.7 Å². The van der Waals surface area contributed by atoms with E-state index < -0.39 is 0 Å². The molecule has 0 unspecified atom stereocenters. The van der Waals surface area contributed by atoms with E-state index in [1.165, 1.54) is 44.5 Å². The molecule has 0 fully saturated rings. The Morgan fingerprint density at radius 1 is 0.591 bits per heavy atom. The van der Waals surface area contributed by atoms with E-state index in [4.69, 9.17) is 0 Å². The molecule has 2 atom stereocenters. The van der Waals surface area contributed by atoms with E-state index in [0.717, 1.165) is 0 Å². The van der Waals surface area contributed by atoms with E-state index in [1.807, 2.05) is 0 Å². The minimum Gasteiger partial charge on any atom is -0.0822 e. The van der Waals surface area contributed by atoms with Gasteiger partial charge in [-0.2, -0.15) is 0 Å². The van der Waals surface area contributed by atoms with E-state index in [0.29, 0.717) is 0 Å².